The van der Waals surface area contributed by atoms with Gasteiger partial charge in [0.2, 0.25) is 5.91 Å². The summed E-state index contributed by atoms with van der Waals surface area (Å²) >= 11 is 0. The van der Waals surface area contributed by atoms with Crippen LogP contribution in [0, 0.1) is 0 Å². The topological polar surface area (TPSA) is 128 Å². The first-order valence-corrected chi connectivity index (χ1v) is 11.2. The summed E-state index contributed by atoms with van der Waals surface area (Å²) in [5.41, 5.74) is 4.32. The lowest BCUT2D eigenvalue weighted by molar-refractivity contribution is -0.137. The van der Waals surface area contributed by atoms with E-state index in [0.29, 0.717) is 6.54 Å². The Hall–Kier alpha value is -3.43. The first-order chi connectivity index (χ1) is 16.3. The predicted octanol–water partition coefficient (Wildman–Crippen LogP) is 1.80. The van der Waals surface area contributed by atoms with Gasteiger partial charge in [0, 0.05) is 25.4 Å². The van der Waals surface area contributed by atoms with Gasteiger partial charge >= 0.3 is 12.1 Å². The number of hydrogen-bond acceptors (Lipinski definition) is 6. The average molecular weight is 470 g/mol. The van der Waals surface area contributed by atoms with Crippen LogP contribution in [0.15, 0.2) is 48.5 Å². The molecule has 0 saturated carbocycles. The Balaban J connectivity index is 1.61. The molecule has 9 nitrogen and oxygen atoms in total. The third-order valence-corrected chi connectivity index (χ3v) is 5.69. The van der Waals surface area contributed by atoms with E-state index < -0.39 is 30.1 Å². The zero-order valence-corrected chi connectivity index (χ0v) is 19.4. The number of ether oxygens (including phenoxy) is 1. The molecule has 2 aromatic carbocycles. The quantitative estimate of drug-likeness (QED) is 0.395. The number of aliphatic hydroxyl groups is 1. The Morgan fingerprint density at radius 1 is 1.03 bits per heavy atom. The molecular weight excluding hydrogens is 438 g/mol. The van der Waals surface area contributed by atoms with Gasteiger partial charge in [-0.25, -0.2) is 4.79 Å². The molecular formula is C25H31N3O6. The number of carboxylic acid groups (broad SMARTS) is 1. The molecule has 0 aromatic heterocycles. The third kappa shape index (κ3) is 6.55. The minimum atomic E-state index is -1.10. The Morgan fingerprint density at radius 3 is 2.18 bits per heavy atom. The lowest BCUT2D eigenvalue weighted by Crippen LogP contribution is -2.49. The number of carbonyl (C=O) groups excluding carboxylic acids is 2. The first kappa shape index (κ1) is 25.2. The summed E-state index contributed by atoms with van der Waals surface area (Å²) in [6.45, 7) is 0.404. The van der Waals surface area contributed by atoms with Gasteiger partial charge in [-0.3, -0.25) is 9.59 Å². The number of nitrogens with one attached hydrogen (secondary N) is 2. The maximum absolute atomic E-state index is 12.6. The van der Waals surface area contributed by atoms with Gasteiger partial charge in [-0.15, -0.1) is 0 Å². The van der Waals surface area contributed by atoms with Crippen molar-refractivity contribution in [3.63, 3.8) is 0 Å². The molecule has 182 valence electrons. The molecule has 0 radical (unpaired) electrons. The van der Waals surface area contributed by atoms with E-state index in [4.69, 9.17) is 9.84 Å². The number of nitrogens with zero attached hydrogens (tertiary/aromatic N) is 1. The van der Waals surface area contributed by atoms with Gasteiger partial charge in [-0.1, -0.05) is 48.5 Å². The van der Waals surface area contributed by atoms with Gasteiger partial charge in [0.1, 0.15) is 12.6 Å². The highest BCUT2D eigenvalue weighted by atomic mass is 16.5. The number of carbonyl (C=O) groups is 3. The summed E-state index contributed by atoms with van der Waals surface area (Å²) in [6.07, 6.45) is -2.01. The summed E-state index contributed by atoms with van der Waals surface area (Å²) in [5, 5.41) is 24.0. The average Bonchev–Trinajstić information content (AvgIpc) is 3.12. The monoisotopic (exact) mass is 469 g/mol. The van der Waals surface area contributed by atoms with Gasteiger partial charge in [-0.05, 0) is 42.8 Å². The molecule has 2 atom stereocenters. The van der Waals surface area contributed by atoms with E-state index in [2.05, 4.69) is 10.6 Å². The molecule has 0 bridgehead atoms. The van der Waals surface area contributed by atoms with Crippen molar-refractivity contribution < 1.29 is 29.3 Å². The third-order valence-electron chi connectivity index (χ3n) is 5.69. The first-order valence-electron chi connectivity index (χ1n) is 11.2. The molecule has 0 aliphatic heterocycles. The van der Waals surface area contributed by atoms with Crippen LogP contribution in [0.25, 0.3) is 11.1 Å². The maximum Gasteiger partial charge on any atom is 0.407 e. The van der Waals surface area contributed by atoms with Crippen molar-refractivity contribution in [1.82, 2.24) is 15.5 Å². The minimum absolute atomic E-state index is 0.0209. The smallest absolute Gasteiger partial charge is 0.407 e. The number of likely N-dealkylation sites (N-methyl/N-ethyl adjacent to an activating group) is 1. The van der Waals surface area contributed by atoms with Crippen molar-refractivity contribution >= 4 is 18.0 Å². The van der Waals surface area contributed by atoms with Crippen LogP contribution in [-0.2, 0) is 14.3 Å². The number of aliphatic hydroxyl groups excluding tert-OH is 1. The number of carboxylic acids is 1. The normalized spacial score (nSPS) is 14.1. The summed E-state index contributed by atoms with van der Waals surface area (Å²) in [6, 6.07) is 14.8. The highest BCUT2D eigenvalue weighted by molar-refractivity contribution is 5.86. The molecule has 3 rings (SSSR count). The number of aliphatic carboxylic acids is 1. The van der Waals surface area contributed by atoms with Crippen molar-refractivity contribution in [1.29, 1.82) is 0 Å². The molecule has 4 N–H and O–H groups in total. The second-order valence-corrected chi connectivity index (χ2v) is 8.62. The summed E-state index contributed by atoms with van der Waals surface area (Å²) in [5.74, 6) is -1.79. The van der Waals surface area contributed by atoms with Crippen molar-refractivity contribution in [3.8, 4) is 11.1 Å². The zero-order chi connectivity index (χ0) is 24.7. The van der Waals surface area contributed by atoms with E-state index in [0.717, 1.165) is 22.3 Å². The Labute approximate surface area is 198 Å². The van der Waals surface area contributed by atoms with Crippen LogP contribution in [0.2, 0.25) is 0 Å². The molecule has 2 amide bonds. The molecule has 2 aromatic rings. The number of amides is 2. The highest BCUT2D eigenvalue weighted by Crippen LogP contribution is 2.44. The molecule has 1 aliphatic carbocycles. The van der Waals surface area contributed by atoms with Crippen LogP contribution in [0.3, 0.4) is 0 Å². The van der Waals surface area contributed by atoms with Crippen LogP contribution < -0.4 is 10.6 Å². The molecule has 9 heteroatoms. The van der Waals surface area contributed by atoms with Gasteiger partial charge in [0.05, 0.1) is 6.10 Å². The summed E-state index contributed by atoms with van der Waals surface area (Å²) < 4.78 is 5.47. The molecule has 0 spiro atoms. The highest BCUT2D eigenvalue weighted by Gasteiger charge is 2.30. The molecule has 0 saturated heterocycles. The molecule has 0 heterocycles. The number of alkyl carbamates (subject to hydrolysis) is 1. The Bertz CT molecular complexity index is 980. The van der Waals surface area contributed by atoms with Gasteiger partial charge in [0.15, 0.2) is 0 Å². The largest absolute Gasteiger partial charge is 0.481 e. The number of benzene rings is 2. The maximum atomic E-state index is 12.6. The van der Waals surface area contributed by atoms with Crippen molar-refractivity contribution in [2.75, 3.05) is 33.8 Å². The fourth-order valence-corrected chi connectivity index (χ4v) is 4.15. The number of hydrogen-bond donors (Lipinski definition) is 4. The Kier molecular flexibility index (Phi) is 8.61. The lowest BCUT2D eigenvalue weighted by atomic mass is 9.98. The van der Waals surface area contributed by atoms with Crippen LogP contribution in [0.1, 0.15) is 29.9 Å². The van der Waals surface area contributed by atoms with E-state index in [1.165, 1.54) is 0 Å². The molecule has 1 aliphatic rings. The SMILES string of the molecule is CN(C)CC(O)CNC(=O)C(CCC(=O)O)NC(=O)OCC1c2ccccc2-c2ccccc21. The Morgan fingerprint density at radius 2 is 1.62 bits per heavy atom. The van der Waals surface area contributed by atoms with E-state index in [-0.39, 0.29) is 31.9 Å². The minimum Gasteiger partial charge on any atom is -0.481 e. The van der Waals surface area contributed by atoms with Crippen LogP contribution in [-0.4, -0.2) is 79.0 Å². The molecule has 2 unspecified atom stereocenters. The van der Waals surface area contributed by atoms with Crippen molar-refractivity contribution in [3.05, 3.63) is 59.7 Å². The zero-order valence-electron chi connectivity index (χ0n) is 19.4. The summed E-state index contributed by atoms with van der Waals surface area (Å²) in [7, 11) is 3.58. The van der Waals surface area contributed by atoms with Crippen LogP contribution >= 0.6 is 0 Å². The molecule has 0 fully saturated rings. The van der Waals surface area contributed by atoms with Gasteiger partial charge in [-0.2, -0.15) is 0 Å². The van der Waals surface area contributed by atoms with Crippen molar-refractivity contribution in [2.45, 2.75) is 30.9 Å². The number of rotatable bonds is 11. The fraction of sp³-hybridized carbons (Fsp3) is 0.400. The second kappa shape index (κ2) is 11.6. The lowest BCUT2D eigenvalue weighted by Gasteiger charge is -2.21. The van der Waals surface area contributed by atoms with Gasteiger partial charge < -0.3 is 30.5 Å². The summed E-state index contributed by atoms with van der Waals surface area (Å²) in [4.78, 5) is 37.9. The van der Waals surface area contributed by atoms with Crippen LogP contribution in [0.5, 0.6) is 0 Å². The van der Waals surface area contributed by atoms with E-state index in [9.17, 15) is 19.5 Å². The van der Waals surface area contributed by atoms with Gasteiger partial charge in [0.25, 0.3) is 0 Å². The van der Waals surface area contributed by atoms with E-state index in [1.807, 2.05) is 48.5 Å². The predicted molar refractivity (Wildman–Crippen MR) is 126 cm³/mol. The molecule has 34 heavy (non-hydrogen) atoms. The van der Waals surface area contributed by atoms with Crippen LogP contribution in [0.4, 0.5) is 4.79 Å². The fourth-order valence-electron chi connectivity index (χ4n) is 4.15. The number of fused-ring (bicyclic) bond motifs is 3. The van der Waals surface area contributed by atoms with Crippen molar-refractivity contribution in [2.24, 2.45) is 0 Å². The van der Waals surface area contributed by atoms with E-state index >= 15 is 0 Å². The standard InChI is InChI=1S/C25H31N3O6/c1-28(2)14-16(29)13-26-24(32)22(11-12-23(30)31)27-25(33)34-15-21-19-9-5-3-7-17(19)18-8-4-6-10-20(18)21/h3-10,16,21-22,29H,11-15H2,1-2H3,(H,26,32)(H,27,33)(H,30,31). The second-order valence-electron chi connectivity index (χ2n) is 8.62. The van der Waals surface area contributed by atoms with E-state index in [1.54, 1.807) is 19.0 Å².